The summed E-state index contributed by atoms with van der Waals surface area (Å²) in [5, 5.41) is 24.6. The Balaban J connectivity index is 1.67. The van der Waals surface area contributed by atoms with Gasteiger partial charge in [0.15, 0.2) is 11.5 Å². The molecule has 4 N–H and O–H groups in total. The maximum atomic E-state index is 13.4. The third kappa shape index (κ3) is 7.30. The van der Waals surface area contributed by atoms with Crippen molar-refractivity contribution in [1.29, 1.82) is 0 Å². The van der Waals surface area contributed by atoms with Gasteiger partial charge in [-0.3, -0.25) is 14.4 Å². The molecule has 3 aromatic rings. The average molecular weight is 692 g/mol. The summed E-state index contributed by atoms with van der Waals surface area (Å²) >= 11 is 2.01. The molecule has 12 heteroatoms. The van der Waals surface area contributed by atoms with Crippen molar-refractivity contribution in [2.75, 3.05) is 40.5 Å². The van der Waals surface area contributed by atoms with E-state index in [9.17, 15) is 24.6 Å². The number of halogens is 1. The molecule has 0 saturated heterocycles. The number of fused-ring (bicyclic) bond motifs is 1. The van der Waals surface area contributed by atoms with Crippen molar-refractivity contribution in [2.24, 2.45) is 0 Å². The molecule has 1 aromatic heterocycles. The van der Waals surface area contributed by atoms with Gasteiger partial charge in [-0.1, -0.05) is 18.2 Å². The highest BCUT2D eigenvalue weighted by molar-refractivity contribution is 14.1. The number of aromatic nitrogens is 1. The largest absolute Gasteiger partial charge is 0.493 e. The number of nitrogens with zero attached hydrogens (tertiary/aromatic N) is 1. The molecule has 0 bridgehead atoms. The van der Waals surface area contributed by atoms with Gasteiger partial charge in [0.05, 0.1) is 23.3 Å². The average Bonchev–Trinajstić information content (AvgIpc) is 3.41. The van der Waals surface area contributed by atoms with Gasteiger partial charge in [0.25, 0.3) is 0 Å². The van der Waals surface area contributed by atoms with E-state index in [2.05, 4.69) is 10.3 Å². The maximum absolute atomic E-state index is 13.4. The SMILES string of the molecule is COCC(=O)N(CCc1cc2ccccc2[nH]1)C1CC(C(=O)NCCO)=CC(Oc2c(I)cc(C=O)cc2OC)C1O. The Hall–Kier alpha value is -3.46. The third-order valence-electron chi connectivity index (χ3n) is 7.05. The molecule has 0 aliphatic heterocycles. The van der Waals surface area contributed by atoms with Gasteiger partial charge in [-0.15, -0.1) is 0 Å². The van der Waals surface area contributed by atoms with E-state index in [4.69, 9.17) is 14.2 Å². The number of aliphatic hydroxyl groups excluding tert-OH is 2. The summed E-state index contributed by atoms with van der Waals surface area (Å²) in [6.07, 6.45) is 0.457. The molecule has 2 aromatic carbocycles. The van der Waals surface area contributed by atoms with Crippen LogP contribution in [0, 0.1) is 3.57 Å². The number of aromatic amines is 1. The van der Waals surface area contributed by atoms with Crippen molar-refractivity contribution < 1.29 is 38.8 Å². The van der Waals surface area contributed by atoms with Crippen LogP contribution in [0.2, 0.25) is 0 Å². The molecule has 0 radical (unpaired) electrons. The number of rotatable bonds is 13. The summed E-state index contributed by atoms with van der Waals surface area (Å²) in [5.74, 6) is -0.227. The molecule has 42 heavy (non-hydrogen) atoms. The third-order valence-corrected chi connectivity index (χ3v) is 7.85. The number of H-pyrrole nitrogens is 1. The first-order valence-corrected chi connectivity index (χ1v) is 14.5. The zero-order chi connectivity index (χ0) is 30.2. The normalized spacial score (nSPS) is 18.3. The Morgan fingerprint density at radius 3 is 2.69 bits per heavy atom. The van der Waals surface area contributed by atoms with Crippen LogP contribution in [0.4, 0.5) is 0 Å². The van der Waals surface area contributed by atoms with Crippen LogP contribution in [0.25, 0.3) is 10.9 Å². The second-order valence-electron chi connectivity index (χ2n) is 9.82. The summed E-state index contributed by atoms with van der Waals surface area (Å²) in [4.78, 5) is 42.7. The monoisotopic (exact) mass is 691 g/mol. The number of para-hydroxylation sites is 1. The minimum absolute atomic E-state index is 0.0422. The lowest BCUT2D eigenvalue weighted by Crippen LogP contribution is -2.56. The lowest BCUT2D eigenvalue weighted by Gasteiger charge is -2.40. The molecule has 224 valence electrons. The highest BCUT2D eigenvalue weighted by Gasteiger charge is 2.41. The van der Waals surface area contributed by atoms with Crippen LogP contribution >= 0.6 is 22.6 Å². The standard InChI is InChI=1S/C30H34IN3O8/c1-40-17-27(37)34(9-7-21-13-19-5-3-4-6-23(19)33-21)24-14-20(30(39)32-8-10-35)15-25(28(24)38)42-29-22(31)11-18(16-36)12-26(29)41-2/h3-6,11-13,15-16,24-25,28,33,35,38H,7-10,14,17H2,1-2H3,(H,32,39). The number of aldehydes is 1. The number of carbonyl (C=O) groups excluding carboxylic acids is 3. The van der Waals surface area contributed by atoms with Crippen LogP contribution in [-0.4, -0.2) is 97.0 Å². The fourth-order valence-electron chi connectivity index (χ4n) is 5.03. The van der Waals surface area contributed by atoms with Crippen molar-refractivity contribution >= 4 is 51.6 Å². The van der Waals surface area contributed by atoms with Gasteiger partial charge in [0.2, 0.25) is 11.8 Å². The molecule has 11 nitrogen and oxygen atoms in total. The van der Waals surface area contributed by atoms with Crippen molar-refractivity contribution in [2.45, 2.75) is 31.1 Å². The molecule has 1 heterocycles. The number of carbonyl (C=O) groups is 3. The van der Waals surface area contributed by atoms with Gasteiger partial charge in [-0.2, -0.15) is 0 Å². The van der Waals surface area contributed by atoms with Gasteiger partial charge < -0.3 is 39.6 Å². The number of benzene rings is 2. The summed E-state index contributed by atoms with van der Waals surface area (Å²) in [7, 11) is 2.85. The van der Waals surface area contributed by atoms with Crippen LogP contribution in [-0.2, 0) is 20.7 Å². The van der Waals surface area contributed by atoms with Gasteiger partial charge in [0.1, 0.15) is 25.1 Å². The molecule has 0 spiro atoms. The van der Waals surface area contributed by atoms with Gasteiger partial charge in [-0.25, -0.2) is 0 Å². The maximum Gasteiger partial charge on any atom is 0.248 e. The lowest BCUT2D eigenvalue weighted by atomic mass is 9.88. The first-order valence-electron chi connectivity index (χ1n) is 13.4. The fraction of sp³-hybridized carbons (Fsp3) is 0.367. The number of hydrogen-bond donors (Lipinski definition) is 4. The molecule has 1 aliphatic rings. The predicted octanol–water partition coefficient (Wildman–Crippen LogP) is 2.23. The number of nitrogens with one attached hydrogen (secondary N) is 2. The molecule has 0 fully saturated rings. The summed E-state index contributed by atoms with van der Waals surface area (Å²) in [6, 6.07) is 12.2. The van der Waals surface area contributed by atoms with E-state index < -0.39 is 24.2 Å². The summed E-state index contributed by atoms with van der Waals surface area (Å²) in [5.41, 5.74) is 2.57. The highest BCUT2D eigenvalue weighted by Crippen LogP contribution is 2.37. The van der Waals surface area contributed by atoms with E-state index >= 15 is 0 Å². The Morgan fingerprint density at radius 1 is 1.21 bits per heavy atom. The zero-order valence-corrected chi connectivity index (χ0v) is 25.5. The van der Waals surface area contributed by atoms with Crippen LogP contribution < -0.4 is 14.8 Å². The second-order valence-corrected chi connectivity index (χ2v) is 11.0. The van der Waals surface area contributed by atoms with Gasteiger partial charge in [-0.05, 0) is 58.3 Å². The van der Waals surface area contributed by atoms with Gasteiger partial charge in [0, 0.05) is 55.4 Å². The number of hydrogen-bond acceptors (Lipinski definition) is 8. The minimum atomic E-state index is -1.23. The number of aliphatic hydroxyl groups is 2. The first kappa shape index (κ1) is 31.5. The Kier molecular flexibility index (Phi) is 11.0. The molecular weight excluding hydrogens is 657 g/mol. The molecule has 4 rings (SSSR count). The van der Waals surface area contributed by atoms with E-state index in [0.717, 1.165) is 16.6 Å². The quantitative estimate of drug-likeness (QED) is 0.158. The fourth-order valence-corrected chi connectivity index (χ4v) is 5.78. The van der Waals surface area contributed by atoms with Crippen LogP contribution in [0.3, 0.4) is 0 Å². The molecule has 1 aliphatic carbocycles. The van der Waals surface area contributed by atoms with E-state index in [1.807, 2.05) is 52.9 Å². The number of ether oxygens (including phenoxy) is 3. The minimum Gasteiger partial charge on any atom is -0.493 e. The summed E-state index contributed by atoms with van der Waals surface area (Å²) < 4.78 is 17.4. The molecule has 3 unspecified atom stereocenters. The smallest absolute Gasteiger partial charge is 0.248 e. The van der Waals surface area contributed by atoms with Crippen molar-refractivity contribution in [3.05, 3.63) is 68.9 Å². The summed E-state index contributed by atoms with van der Waals surface area (Å²) in [6.45, 7) is -0.174. The van der Waals surface area contributed by atoms with Crippen molar-refractivity contribution in [3.8, 4) is 11.5 Å². The topological polar surface area (TPSA) is 150 Å². The zero-order valence-electron chi connectivity index (χ0n) is 23.3. The highest BCUT2D eigenvalue weighted by atomic mass is 127. The predicted molar refractivity (Wildman–Crippen MR) is 164 cm³/mol. The van der Waals surface area contributed by atoms with Crippen LogP contribution in [0.1, 0.15) is 22.5 Å². The van der Waals surface area contributed by atoms with E-state index in [-0.39, 0.29) is 50.1 Å². The van der Waals surface area contributed by atoms with Crippen molar-refractivity contribution in [3.63, 3.8) is 0 Å². The Labute approximate surface area is 257 Å². The molecule has 3 atom stereocenters. The lowest BCUT2D eigenvalue weighted by molar-refractivity contribution is -0.142. The second kappa shape index (κ2) is 14.6. The molecular formula is C30H34IN3O8. The number of methoxy groups -OCH3 is 2. The van der Waals surface area contributed by atoms with Crippen molar-refractivity contribution in [1.82, 2.24) is 15.2 Å². The first-order chi connectivity index (χ1) is 20.3. The van der Waals surface area contributed by atoms with Crippen LogP contribution in [0.5, 0.6) is 11.5 Å². The number of amides is 2. The van der Waals surface area contributed by atoms with E-state index in [1.54, 1.807) is 6.07 Å². The molecule has 2 amide bonds. The Morgan fingerprint density at radius 2 is 2.00 bits per heavy atom. The van der Waals surface area contributed by atoms with E-state index in [0.29, 0.717) is 27.4 Å². The van der Waals surface area contributed by atoms with E-state index in [1.165, 1.54) is 31.3 Å². The van der Waals surface area contributed by atoms with Gasteiger partial charge >= 0.3 is 0 Å². The van der Waals surface area contributed by atoms with Crippen LogP contribution in [0.15, 0.2) is 54.1 Å². The Bertz CT molecular complexity index is 1420. The molecule has 0 saturated carbocycles.